The van der Waals surface area contributed by atoms with E-state index in [1.165, 1.54) is 6.07 Å². The zero-order valence-electron chi connectivity index (χ0n) is 13.5. The summed E-state index contributed by atoms with van der Waals surface area (Å²) in [4.78, 5) is 24.2. The first-order valence-corrected chi connectivity index (χ1v) is 7.69. The van der Waals surface area contributed by atoms with Crippen LogP contribution in [0.1, 0.15) is 35.7 Å². The van der Waals surface area contributed by atoms with E-state index in [0.717, 1.165) is 11.6 Å². The molecule has 1 unspecified atom stereocenters. The highest BCUT2D eigenvalue weighted by Gasteiger charge is 2.33. The van der Waals surface area contributed by atoms with Gasteiger partial charge < -0.3 is 10.6 Å². The number of hydrogen-bond donors (Lipinski definition) is 2. The summed E-state index contributed by atoms with van der Waals surface area (Å²) < 4.78 is 40.0. The summed E-state index contributed by atoms with van der Waals surface area (Å²) in [6, 6.07) is 6.35. The predicted molar refractivity (Wildman–Crippen MR) is 86.9 cm³/mol. The SMILES string of the molecule is CC(C)C1C(=O)Nc2ccc(NC(=O)c3ccc(F)c(F)c3F)cc21. The van der Waals surface area contributed by atoms with Crippen molar-refractivity contribution in [3.8, 4) is 0 Å². The molecule has 7 heteroatoms. The van der Waals surface area contributed by atoms with Crippen molar-refractivity contribution in [2.45, 2.75) is 19.8 Å². The van der Waals surface area contributed by atoms with E-state index < -0.39 is 28.9 Å². The molecule has 2 N–H and O–H groups in total. The molecule has 0 aliphatic carbocycles. The third-order valence-electron chi connectivity index (χ3n) is 4.13. The molecule has 0 bridgehead atoms. The topological polar surface area (TPSA) is 58.2 Å². The van der Waals surface area contributed by atoms with Gasteiger partial charge in [-0.05, 0) is 41.8 Å². The maximum atomic E-state index is 13.7. The molecule has 1 aliphatic rings. The van der Waals surface area contributed by atoms with Gasteiger partial charge in [-0.25, -0.2) is 13.2 Å². The second-order valence-corrected chi connectivity index (χ2v) is 6.19. The number of amides is 2. The van der Waals surface area contributed by atoms with Crippen LogP contribution in [0.2, 0.25) is 0 Å². The van der Waals surface area contributed by atoms with Gasteiger partial charge in [0.05, 0.1) is 11.5 Å². The molecule has 25 heavy (non-hydrogen) atoms. The molecule has 0 fully saturated rings. The van der Waals surface area contributed by atoms with Crippen molar-refractivity contribution in [3.05, 3.63) is 58.9 Å². The van der Waals surface area contributed by atoms with Crippen LogP contribution in [0, 0.1) is 23.4 Å². The van der Waals surface area contributed by atoms with Crippen LogP contribution in [0.5, 0.6) is 0 Å². The number of fused-ring (bicyclic) bond motifs is 1. The summed E-state index contributed by atoms with van der Waals surface area (Å²) in [5, 5.41) is 5.20. The lowest BCUT2D eigenvalue weighted by molar-refractivity contribution is -0.117. The number of benzene rings is 2. The van der Waals surface area contributed by atoms with E-state index in [9.17, 15) is 22.8 Å². The average molecular weight is 348 g/mol. The van der Waals surface area contributed by atoms with Crippen LogP contribution in [0.4, 0.5) is 24.5 Å². The van der Waals surface area contributed by atoms with Crippen LogP contribution in [0.25, 0.3) is 0 Å². The predicted octanol–water partition coefficient (Wildman–Crippen LogP) is 4.05. The Bertz CT molecular complexity index is 881. The maximum absolute atomic E-state index is 13.7. The van der Waals surface area contributed by atoms with E-state index in [1.807, 2.05) is 13.8 Å². The Morgan fingerprint density at radius 2 is 1.84 bits per heavy atom. The summed E-state index contributed by atoms with van der Waals surface area (Å²) in [5.74, 6) is -5.94. The highest BCUT2D eigenvalue weighted by molar-refractivity contribution is 6.06. The molecular formula is C18H15F3N2O2. The van der Waals surface area contributed by atoms with E-state index in [0.29, 0.717) is 17.4 Å². The summed E-state index contributed by atoms with van der Waals surface area (Å²) in [6.45, 7) is 3.81. The second kappa shape index (κ2) is 6.23. The number of rotatable bonds is 3. The lowest BCUT2D eigenvalue weighted by Gasteiger charge is -2.14. The Morgan fingerprint density at radius 1 is 1.12 bits per heavy atom. The van der Waals surface area contributed by atoms with Crippen molar-refractivity contribution in [1.82, 2.24) is 0 Å². The summed E-state index contributed by atoms with van der Waals surface area (Å²) >= 11 is 0. The molecule has 0 aromatic heterocycles. The monoisotopic (exact) mass is 348 g/mol. The minimum absolute atomic E-state index is 0.0517. The van der Waals surface area contributed by atoms with E-state index >= 15 is 0 Å². The number of carbonyl (C=O) groups is 2. The molecule has 2 aromatic carbocycles. The second-order valence-electron chi connectivity index (χ2n) is 6.19. The molecule has 0 saturated carbocycles. The standard InChI is InChI=1S/C18H15F3N2O2/c1-8(2)14-11-7-9(3-6-13(11)23-18(14)25)22-17(24)10-4-5-12(19)16(21)15(10)20/h3-8,14H,1-2H3,(H,22,24)(H,23,25). The number of nitrogens with one attached hydrogen (secondary N) is 2. The van der Waals surface area contributed by atoms with Crippen LogP contribution < -0.4 is 10.6 Å². The zero-order chi connectivity index (χ0) is 18.3. The van der Waals surface area contributed by atoms with Crippen LogP contribution >= 0.6 is 0 Å². The van der Waals surface area contributed by atoms with Crippen LogP contribution in [-0.2, 0) is 4.79 Å². The van der Waals surface area contributed by atoms with E-state index in [1.54, 1.807) is 12.1 Å². The number of hydrogen-bond acceptors (Lipinski definition) is 2. The summed E-state index contributed by atoms with van der Waals surface area (Å²) in [5.41, 5.74) is 1.10. The first-order chi connectivity index (χ1) is 11.8. The lowest BCUT2D eigenvalue weighted by Crippen LogP contribution is -2.17. The average Bonchev–Trinajstić information content (AvgIpc) is 2.87. The molecule has 0 saturated heterocycles. The molecule has 4 nitrogen and oxygen atoms in total. The Labute approximate surface area is 142 Å². The van der Waals surface area contributed by atoms with E-state index in [-0.39, 0.29) is 17.7 Å². The molecule has 0 spiro atoms. The molecule has 1 atom stereocenters. The molecule has 1 heterocycles. The Kier molecular flexibility index (Phi) is 4.24. The fraction of sp³-hybridized carbons (Fsp3) is 0.222. The smallest absolute Gasteiger partial charge is 0.258 e. The summed E-state index contributed by atoms with van der Waals surface area (Å²) in [6.07, 6.45) is 0. The fourth-order valence-electron chi connectivity index (χ4n) is 2.92. The number of carbonyl (C=O) groups excluding carboxylic acids is 2. The van der Waals surface area contributed by atoms with E-state index in [2.05, 4.69) is 10.6 Å². The molecule has 0 radical (unpaired) electrons. The highest BCUT2D eigenvalue weighted by Crippen LogP contribution is 2.38. The third-order valence-corrected chi connectivity index (χ3v) is 4.13. The van der Waals surface area contributed by atoms with Crippen molar-refractivity contribution in [1.29, 1.82) is 0 Å². The van der Waals surface area contributed by atoms with Gasteiger partial charge in [-0.3, -0.25) is 9.59 Å². The van der Waals surface area contributed by atoms with Gasteiger partial charge in [0.2, 0.25) is 5.91 Å². The first-order valence-electron chi connectivity index (χ1n) is 7.69. The molecule has 130 valence electrons. The maximum Gasteiger partial charge on any atom is 0.258 e. The Morgan fingerprint density at radius 3 is 2.52 bits per heavy atom. The first kappa shape index (κ1) is 17.0. The highest BCUT2D eigenvalue weighted by atomic mass is 19.2. The third kappa shape index (κ3) is 2.97. The zero-order valence-corrected chi connectivity index (χ0v) is 13.5. The van der Waals surface area contributed by atoms with Gasteiger partial charge in [0.25, 0.3) is 5.91 Å². The van der Waals surface area contributed by atoms with Crippen molar-refractivity contribution in [2.75, 3.05) is 10.6 Å². The van der Waals surface area contributed by atoms with Gasteiger partial charge in [-0.1, -0.05) is 13.8 Å². The quantitative estimate of drug-likeness (QED) is 0.822. The lowest BCUT2D eigenvalue weighted by atomic mass is 9.89. The minimum Gasteiger partial charge on any atom is -0.325 e. The Balaban J connectivity index is 1.89. The molecule has 2 amide bonds. The summed E-state index contributed by atoms with van der Waals surface area (Å²) in [7, 11) is 0. The molecule has 2 aromatic rings. The van der Waals surface area contributed by atoms with Gasteiger partial charge in [0.15, 0.2) is 17.5 Å². The molecule has 3 rings (SSSR count). The van der Waals surface area contributed by atoms with Crippen LogP contribution in [0.15, 0.2) is 30.3 Å². The fourth-order valence-corrected chi connectivity index (χ4v) is 2.92. The van der Waals surface area contributed by atoms with Crippen LogP contribution in [-0.4, -0.2) is 11.8 Å². The van der Waals surface area contributed by atoms with Gasteiger partial charge in [0.1, 0.15) is 0 Å². The van der Waals surface area contributed by atoms with Crippen molar-refractivity contribution in [2.24, 2.45) is 5.92 Å². The minimum atomic E-state index is -1.70. The van der Waals surface area contributed by atoms with Gasteiger partial charge in [-0.15, -0.1) is 0 Å². The molecular weight excluding hydrogens is 333 g/mol. The molecule has 1 aliphatic heterocycles. The van der Waals surface area contributed by atoms with Gasteiger partial charge in [0, 0.05) is 11.4 Å². The van der Waals surface area contributed by atoms with Crippen molar-refractivity contribution >= 4 is 23.2 Å². The Hall–Kier alpha value is -2.83. The normalized spacial score (nSPS) is 15.9. The number of anilines is 2. The van der Waals surface area contributed by atoms with Crippen LogP contribution in [0.3, 0.4) is 0 Å². The van der Waals surface area contributed by atoms with Gasteiger partial charge >= 0.3 is 0 Å². The van der Waals surface area contributed by atoms with E-state index in [4.69, 9.17) is 0 Å². The number of halogens is 3. The van der Waals surface area contributed by atoms with Crippen molar-refractivity contribution in [3.63, 3.8) is 0 Å². The largest absolute Gasteiger partial charge is 0.325 e. The van der Waals surface area contributed by atoms with Crippen molar-refractivity contribution < 1.29 is 22.8 Å². The van der Waals surface area contributed by atoms with Gasteiger partial charge in [-0.2, -0.15) is 0 Å².